The Morgan fingerprint density at radius 1 is 1.08 bits per heavy atom. The first-order chi connectivity index (χ1) is 18.0. The molecule has 4 rings (SSSR count). The Morgan fingerprint density at radius 3 is 2.18 bits per heavy atom. The summed E-state index contributed by atoms with van der Waals surface area (Å²) in [6.45, 7) is 4.33. The number of carbonyl (C=O) groups excluding carboxylic acids is 1. The molecule has 2 aliphatic rings. The number of alkyl halides is 3. The van der Waals surface area contributed by atoms with Crippen molar-refractivity contribution < 1.29 is 22.7 Å². The van der Waals surface area contributed by atoms with E-state index in [0.717, 1.165) is 43.2 Å². The first kappa shape index (κ1) is 29.4. The largest absolute Gasteiger partial charge is 0.399 e. The number of fused-ring (bicyclic) bond motifs is 1. The minimum atomic E-state index is -4.61. The lowest BCUT2D eigenvalue weighted by molar-refractivity contribution is -0.201. The van der Waals surface area contributed by atoms with Gasteiger partial charge >= 0.3 is 6.18 Å². The van der Waals surface area contributed by atoms with Crippen molar-refractivity contribution in [3.63, 3.8) is 0 Å². The van der Waals surface area contributed by atoms with Crippen molar-refractivity contribution in [3.8, 4) is 0 Å². The van der Waals surface area contributed by atoms with Gasteiger partial charge in [0.05, 0.1) is 20.9 Å². The number of halogens is 5. The highest BCUT2D eigenvalue weighted by atomic mass is 35.5. The molecule has 1 aromatic heterocycles. The van der Waals surface area contributed by atoms with Crippen LogP contribution in [0.15, 0.2) is 23.2 Å². The zero-order valence-corrected chi connectivity index (χ0v) is 24.1. The van der Waals surface area contributed by atoms with Crippen LogP contribution in [0.5, 0.6) is 0 Å². The molecular formula is C28H33Cl2F3N2O2S. The van der Waals surface area contributed by atoms with Crippen LogP contribution in [0.1, 0.15) is 77.2 Å². The lowest BCUT2D eigenvalue weighted by Gasteiger charge is -2.40. The van der Waals surface area contributed by atoms with E-state index in [1.165, 1.54) is 36.6 Å². The molecule has 4 nitrogen and oxygen atoms in total. The van der Waals surface area contributed by atoms with Crippen LogP contribution in [0, 0.1) is 5.92 Å². The van der Waals surface area contributed by atoms with E-state index in [9.17, 15) is 4.79 Å². The Hall–Kier alpha value is -1.61. The molecule has 1 fully saturated rings. The summed E-state index contributed by atoms with van der Waals surface area (Å²) in [7, 11) is 1.53. The fourth-order valence-corrected chi connectivity index (χ4v) is 7.57. The van der Waals surface area contributed by atoms with Crippen LogP contribution in [0.4, 0.5) is 13.2 Å². The van der Waals surface area contributed by atoms with Gasteiger partial charge < -0.3 is 10.1 Å². The van der Waals surface area contributed by atoms with Crippen LogP contribution in [-0.4, -0.2) is 44.1 Å². The maximum atomic E-state index is 15.1. The summed E-state index contributed by atoms with van der Waals surface area (Å²) in [6, 6.07) is 4.17. The van der Waals surface area contributed by atoms with Gasteiger partial charge in [0, 0.05) is 42.8 Å². The van der Waals surface area contributed by atoms with Crippen molar-refractivity contribution in [1.82, 2.24) is 5.32 Å². The van der Waals surface area contributed by atoms with Gasteiger partial charge in [-0.15, -0.1) is 11.3 Å². The third-order valence-corrected chi connectivity index (χ3v) is 9.59. The summed E-state index contributed by atoms with van der Waals surface area (Å²) in [4.78, 5) is 19.1. The summed E-state index contributed by atoms with van der Waals surface area (Å²) in [5.74, 6) is -0.991. The van der Waals surface area contributed by atoms with Gasteiger partial charge in [-0.3, -0.25) is 9.79 Å². The molecular weight excluding hydrogens is 556 g/mol. The van der Waals surface area contributed by atoms with Gasteiger partial charge in [0.15, 0.2) is 0 Å². The number of thiophene rings is 1. The van der Waals surface area contributed by atoms with Crippen LogP contribution < -0.4 is 5.32 Å². The van der Waals surface area contributed by atoms with Crippen LogP contribution in [0.3, 0.4) is 0 Å². The second-order valence-corrected chi connectivity index (χ2v) is 12.3. The molecule has 0 saturated carbocycles. The zero-order chi connectivity index (χ0) is 27.7. The van der Waals surface area contributed by atoms with Crippen LogP contribution in [-0.2, 0) is 23.0 Å². The Labute approximate surface area is 236 Å². The average Bonchev–Trinajstić information content (AvgIpc) is 3.23. The number of amides is 1. The maximum Gasteiger partial charge on any atom is 0.399 e. The molecule has 2 aromatic rings. The van der Waals surface area contributed by atoms with E-state index in [1.807, 2.05) is 0 Å². The minimum Gasteiger partial charge on any atom is -0.381 e. The molecule has 0 bridgehead atoms. The lowest BCUT2D eigenvalue weighted by Crippen LogP contribution is -2.48. The topological polar surface area (TPSA) is 50.7 Å². The second kappa shape index (κ2) is 11.9. The minimum absolute atomic E-state index is 0.0153. The number of nitrogens with one attached hydrogen (secondary N) is 1. The van der Waals surface area contributed by atoms with E-state index < -0.39 is 17.5 Å². The predicted molar refractivity (Wildman–Crippen MR) is 148 cm³/mol. The predicted octanol–water partition coefficient (Wildman–Crippen LogP) is 7.81. The van der Waals surface area contributed by atoms with Crippen molar-refractivity contribution in [1.29, 1.82) is 0 Å². The molecule has 1 unspecified atom stereocenters. The Kier molecular flexibility index (Phi) is 9.17. The van der Waals surface area contributed by atoms with Crippen molar-refractivity contribution >= 4 is 46.2 Å². The molecule has 0 spiro atoms. The highest BCUT2D eigenvalue weighted by Gasteiger charge is 2.58. The summed E-state index contributed by atoms with van der Waals surface area (Å²) in [6.07, 6.45) is -0.170. The Morgan fingerprint density at radius 2 is 1.66 bits per heavy atom. The van der Waals surface area contributed by atoms with Crippen molar-refractivity contribution in [2.75, 3.05) is 20.3 Å². The third-order valence-electron chi connectivity index (χ3n) is 7.83. The van der Waals surface area contributed by atoms with Gasteiger partial charge in [0.2, 0.25) is 0 Å². The normalized spacial score (nSPS) is 18.8. The number of carbonyl (C=O) groups is 1. The first-order valence-electron chi connectivity index (χ1n) is 13.0. The molecule has 1 saturated heterocycles. The van der Waals surface area contributed by atoms with E-state index in [1.54, 1.807) is 13.8 Å². The molecule has 1 aliphatic heterocycles. The van der Waals surface area contributed by atoms with Crippen molar-refractivity contribution in [2.24, 2.45) is 10.9 Å². The summed E-state index contributed by atoms with van der Waals surface area (Å²) in [5.41, 5.74) is 0.00620. The lowest BCUT2D eigenvalue weighted by atomic mass is 9.67. The van der Waals surface area contributed by atoms with Gasteiger partial charge in [-0.05, 0) is 79.3 Å². The molecule has 38 heavy (non-hydrogen) atoms. The van der Waals surface area contributed by atoms with Crippen molar-refractivity contribution in [2.45, 2.75) is 76.4 Å². The number of aliphatic imine (C=N–C) groups is 1. The standard InChI is InChI=1S/C28H33Cl2F3N2O2S/c1-16(2)27(28(31,32)33,17-12-18(29)14-19(30)13-17)15-23(34-3)24-21-6-4-5-7-22(21)25(38-24)26(36)35-20-8-10-37-11-9-20/h12-14,16,20H,4-11,15H2,1-3H3,(H,35,36). The smallest absolute Gasteiger partial charge is 0.381 e. The number of hydrogen-bond donors (Lipinski definition) is 1. The molecule has 1 aromatic carbocycles. The van der Waals surface area contributed by atoms with Crippen LogP contribution >= 0.6 is 34.5 Å². The summed E-state index contributed by atoms with van der Waals surface area (Å²) >= 11 is 13.6. The SMILES string of the molecule is CN=C(CC(c1cc(Cl)cc(Cl)c1)(C(C)C)C(F)(F)F)c1sc(C(=O)NC2CCOCC2)c2c1CCCC2. The molecule has 10 heteroatoms. The summed E-state index contributed by atoms with van der Waals surface area (Å²) in [5, 5.41) is 3.43. The number of ether oxygens (including phenoxy) is 1. The number of benzene rings is 1. The number of hydrogen-bond acceptors (Lipinski definition) is 4. The molecule has 1 amide bonds. The van der Waals surface area contributed by atoms with E-state index in [4.69, 9.17) is 27.9 Å². The quantitative estimate of drug-likeness (QED) is 0.335. The van der Waals surface area contributed by atoms with E-state index >= 15 is 13.2 Å². The fraction of sp³-hybridized carbons (Fsp3) is 0.571. The highest BCUT2D eigenvalue weighted by Crippen LogP contribution is 2.51. The van der Waals surface area contributed by atoms with Gasteiger partial charge in [0.25, 0.3) is 5.91 Å². The molecule has 1 atom stereocenters. The Bertz CT molecular complexity index is 1190. The number of rotatable bonds is 7. The van der Waals surface area contributed by atoms with Gasteiger partial charge in [0.1, 0.15) is 0 Å². The van der Waals surface area contributed by atoms with Crippen LogP contribution in [0.2, 0.25) is 10.0 Å². The summed E-state index contributed by atoms with van der Waals surface area (Å²) < 4.78 is 50.7. The zero-order valence-electron chi connectivity index (χ0n) is 21.8. The molecule has 208 valence electrons. The Balaban J connectivity index is 1.78. The molecule has 1 N–H and O–H groups in total. The van der Waals surface area contributed by atoms with Crippen molar-refractivity contribution in [3.05, 3.63) is 54.7 Å². The monoisotopic (exact) mass is 588 g/mol. The van der Waals surface area contributed by atoms with Gasteiger partial charge in [-0.25, -0.2) is 0 Å². The van der Waals surface area contributed by atoms with Gasteiger partial charge in [-0.1, -0.05) is 37.0 Å². The third kappa shape index (κ3) is 5.79. The number of nitrogens with zero attached hydrogens (tertiary/aromatic N) is 1. The highest BCUT2D eigenvalue weighted by molar-refractivity contribution is 7.16. The maximum absolute atomic E-state index is 15.1. The van der Waals surface area contributed by atoms with E-state index in [-0.39, 0.29) is 34.0 Å². The second-order valence-electron chi connectivity index (χ2n) is 10.4. The molecule has 2 heterocycles. The molecule has 1 aliphatic carbocycles. The van der Waals surface area contributed by atoms with E-state index in [0.29, 0.717) is 35.1 Å². The van der Waals surface area contributed by atoms with E-state index in [2.05, 4.69) is 10.3 Å². The first-order valence-corrected chi connectivity index (χ1v) is 14.6. The van der Waals surface area contributed by atoms with Crippen LogP contribution in [0.25, 0.3) is 0 Å². The molecule has 0 radical (unpaired) electrons. The van der Waals surface area contributed by atoms with Gasteiger partial charge in [-0.2, -0.15) is 13.2 Å². The fourth-order valence-electron chi connectivity index (χ4n) is 5.71. The average molecular weight is 590 g/mol.